The molecule has 3 aromatic rings. The van der Waals surface area contributed by atoms with Gasteiger partial charge < -0.3 is 4.90 Å². The van der Waals surface area contributed by atoms with Gasteiger partial charge in [-0.3, -0.25) is 9.48 Å². The molecule has 1 aromatic carbocycles. The van der Waals surface area contributed by atoms with Crippen LogP contribution < -0.4 is 0 Å². The molecular weight excluding hydrogens is 407 g/mol. The number of nitrogens with zero attached hydrogens (tertiary/aromatic N) is 5. The van der Waals surface area contributed by atoms with E-state index in [-0.39, 0.29) is 23.6 Å². The summed E-state index contributed by atoms with van der Waals surface area (Å²) >= 11 is 0. The molecule has 4 rings (SSSR count). The van der Waals surface area contributed by atoms with Gasteiger partial charge in [-0.1, -0.05) is 13.8 Å². The predicted molar refractivity (Wildman–Crippen MR) is 108 cm³/mol. The molecule has 0 saturated heterocycles. The van der Waals surface area contributed by atoms with Crippen molar-refractivity contribution in [3.63, 3.8) is 0 Å². The quantitative estimate of drug-likeness (QED) is 0.583. The molecule has 0 bridgehead atoms. The highest BCUT2D eigenvalue weighted by Gasteiger charge is 2.40. The molecule has 31 heavy (non-hydrogen) atoms. The molecule has 0 unspecified atom stereocenters. The molecule has 6 nitrogen and oxygen atoms in total. The molecule has 0 fully saturated rings. The summed E-state index contributed by atoms with van der Waals surface area (Å²) in [6.45, 7) is 3.94. The average Bonchev–Trinajstić information content (AvgIpc) is 3.11. The second-order valence-electron chi connectivity index (χ2n) is 7.62. The van der Waals surface area contributed by atoms with Crippen LogP contribution in [0, 0.1) is 17.5 Å². The number of fused-ring (bicyclic) bond motifs is 1. The van der Waals surface area contributed by atoms with Crippen molar-refractivity contribution in [3.05, 3.63) is 65.1 Å². The van der Waals surface area contributed by atoms with E-state index in [1.54, 1.807) is 11.7 Å². The van der Waals surface area contributed by atoms with Crippen molar-refractivity contribution >= 4 is 5.91 Å². The third-order valence-electron chi connectivity index (χ3n) is 5.82. The maximum absolute atomic E-state index is 13.9. The van der Waals surface area contributed by atoms with Crippen LogP contribution in [0.25, 0.3) is 11.3 Å². The van der Waals surface area contributed by atoms with E-state index in [4.69, 9.17) is 0 Å². The Balaban J connectivity index is 1.84. The number of carbonyl (C=O) groups is 1. The maximum Gasteiger partial charge on any atom is 0.257 e. The lowest BCUT2D eigenvalue weighted by molar-refractivity contribution is 0.0512. The third kappa shape index (κ3) is 3.47. The molecule has 1 aliphatic heterocycles. The lowest BCUT2D eigenvalue weighted by Gasteiger charge is -2.41. The maximum atomic E-state index is 13.9. The lowest BCUT2D eigenvalue weighted by atomic mass is 9.87. The fraction of sp³-hybridized carbons (Fsp3) is 0.364. The zero-order valence-electron chi connectivity index (χ0n) is 17.4. The topological polar surface area (TPSA) is 63.9 Å². The Morgan fingerprint density at radius 1 is 1.10 bits per heavy atom. The number of carbonyl (C=O) groups excluding carboxylic acids is 1. The van der Waals surface area contributed by atoms with Gasteiger partial charge in [-0.2, -0.15) is 5.10 Å². The van der Waals surface area contributed by atoms with Crippen LogP contribution >= 0.6 is 0 Å². The van der Waals surface area contributed by atoms with E-state index in [1.165, 1.54) is 18.7 Å². The van der Waals surface area contributed by atoms with Crippen molar-refractivity contribution in [2.24, 2.45) is 7.05 Å². The van der Waals surface area contributed by atoms with Gasteiger partial charge in [-0.15, -0.1) is 0 Å². The van der Waals surface area contributed by atoms with E-state index in [9.17, 15) is 18.0 Å². The number of aryl methyl sites for hydroxylation is 1. The predicted octanol–water partition coefficient (Wildman–Crippen LogP) is 4.22. The highest BCUT2D eigenvalue weighted by atomic mass is 19.2. The zero-order valence-corrected chi connectivity index (χ0v) is 17.4. The molecule has 2 atom stereocenters. The second kappa shape index (κ2) is 8.13. The van der Waals surface area contributed by atoms with Gasteiger partial charge in [-0.25, -0.2) is 23.1 Å². The summed E-state index contributed by atoms with van der Waals surface area (Å²) in [5, 5.41) is 4.61. The van der Waals surface area contributed by atoms with E-state index < -0.39 is 17.5 Å². The summed E-state index contributed by atoms with van der Waals surface area (Å²) in [6.07, 6.45) is 6.08. The Hall–Kier alpha value is -3.23. The highest BCUT2D eigenvalue weighted by molar-refractivity contribution is 5.94. The average molecular weight is 429 g/mol. The Morgan fingerprint density at radius 3 is 2.32 bits per heavy atom. The van der Waals surface area contributed by atoms with E-state index in [2.05, 4.69) is 15.1 Å². The summed E-state index contributed by atoms with van der Waals surface area (Å²) in [5.74, 6) is -4.18. The molecular formula is C22H22F3N5O. The minimum atomic E-state index is -1.50. The number of hydrogen-bond donors (Lipinski definition) is 0. The Morgan fingerprint density at radius 2 is 1.74 bits per heavy atom. The molecule has 0 N–H and O–H groups in total. The van der Waals surface area contributed by atoms with E-state index in [0.717, 1.165) is 17.7 Å². The first-order chi connectivity index (χ1) is 14.9. The van der Waals surface area contributed by atoms with Crippen molar-refractivity contribution in [2.45, 2.75) is 45.2 Å². The van der Waals surface area contributed by atoms with Crippen molar-refractivity contribution in [3.8, 4) is 11.3 Å². The van der Waals surface area contributed by atoms with Crippen molar-refractivity contribution in [1.29, 1.82) is 0 Å². The first kappa shape index (κ1) is 21.0. The normalized spacial score (nSPS) is 18.2. The molecule has 3 heterocycles. The molecule has 0 spiro atoms. The third-order valence-corrected chi connectivity index (χ3v) is 5.82. The van der Waals surface area contributed by atoms with Crippen LogP contribution in [0.1, 0.15) is 54.3 Å². The molecule has 1 amide bonds. The lowest BCUT2D eigenvalue weighted by Crippen LogP contribution is -2.47. The fourth-order valence-corrected chi connectivity index (χ4v) is 4.43. The van der Waals surface area contributed by atoms with E-state index in [1.807, 2.05) is 18.7 Å². The van der Waals surface area contributed by atoms with Gasteiger partial charge in [0, 0.05) is 36.6 Å². The van der Waals surface area contributed by atoms with Gasteiger partial charge in [0.25, 0.3) is 5.91 Å². The van der Waals surface area contributed by atoms with Crippen LogP contribution in [0.4, 0.5) is 13.2 Å². The monoisotopic (exact) mass is 429 g/mol. The van der Waals surface area contributed by atoms with E-state index >= 15 is 0 Å². The Labute approximate surface area is 177 Å². The molecule has 2 aromatic heterocycles. The summed E-state index contributed by atoms with van der Waals surface area (Å²) in [7, 11) is 1.68. The van der Waals surface area contributed by atoms with Crippen molar-refractivity contribution in [1.82, 2.24) is 24.6 Å². The molecule has 0 radical (unpaired) electrons. The molecule has 1 aliphatic rings. The summed E-state index contributed by atoms with van der Waals surface area (Å²) in [4.78, 5) is 23.0. The smallest absolute Gasteiger partial charge is 0.257 e. The van der Waals surface area contributed by atoms with Gasteiger partial charge >= 0.3 is 0 Å². The van der Waals surface area contributed by atoms with Crippen LogP contribution in [-0.2, 0) is 13.5 Å². The fourth-order valence-electron chi connectivity index (χ4n) is 4.43. The number of benzene rings is 1. The summed E-state index contributed by atoms with van der Waals surface area (Å²) < 4.78 is 42.9. The summed E-state index contributed by atoms with van der Waals surface area (Å²) in [6, 6.07) is 1.49. The van der Waals surface area contributed by atoms with Gasteiger partial charge in [0.2, 0.25) is 0 Å². The Bertz CT molecular complexity index is 1110. The number of aromatic nitrogens is 4. The first-order valence-corrected chi connectivity index (χ1v) is 10.2. The summed E-state index contributed by atoms with van der Waals surface area (Å²) in [5.41, 5.74) is 2.63. The molecule has 0 saturated carbocycles. The van der Waals surface area contributed by atoms with Crippen LogP contribution in [0.2, 0.25) is 0 Å². The van der Waals surface area contributed by atoms with Crippen molar-refractivity contribution in [2.75, 3.05) is 0 Å². The minimum Gasteiger partial charge on any atom is -0.327 e. The minimum absolute atomic E-state index is 0.150. The van der Waals surface area contributed by atoms with Gasteiger partial charge in [0.1, 0.15) is 6.33 Å². The van der Waals surface area contributed by atoms with Gasteiger partial charge in [0.15, 0.2) is 17.5 Å². The van der Waals surface area contributed by atoms with Crippen LogP contribution in [-0.4, -0.2) is 36.6 Å². The van der Waals surface area contributed by atoms with E-state index in [0.29, 0.717) is 36.2 Å². The highest BCUT2D eigenvalue weighted by Crippen LogP contribution is 2.41. The van der Waals surface area contributed by atoms with Crippen LogP contribution in [0.3, 0.4) is 0 Å². The van der Waals surface area contributed by atoms with Gasteiger partial charge in [-0.05, 0) is 31.4 Å². The Kier molecular flexibility index (Phi) is 5.51. The second-order valence-corrected chi connectivity index (χ2v) is 7.62. The number of hydrogen-bond acceptors (Lipinski definition) is 4. The first-order valence-electron chi connectivity index (χ1n) is 10.2. The van der Waals surface area contributed by atoms with Crippen molar-refractivity contribution < 1.29 is 18.0 Å². The standard InChI is InChI=1S/C22H22F3N5O/c1-4-14-8-15-20(18(5-2)30(14)22(31)13-9-26-11-27-10-13)28-29(3)21(15)12-6-16(23)19(25)17(24)7-12/h6-7,9-11,14,18H,4-5,8H2,1-3H3/t14-,18+/m0/s1. The van der Waals surface area contributed by atoms with Crippen LogP contribution in [0.15, 0.2) is 30.9 Å². The number of rotatable bonds is 4. The number of amides is 1. The SMILES string of the molecule is CC[C@H]1Cc2c(nn(C)c2-c2cc(F)c(F)c(F)c2)[C@@H](CC)N1C(=O)c1cncnc1. The zero-order chi connectivity index (χ0) is 22.3. The number of halogens is 3. The molecule has 9 heteroatoms. The molecule has 162 valence electrons. The largest absolute Gasteiger partial charge is 0.327 e. The molecule has 0 aliphatic carbocycles. The van der Waals surface area contributed by atoms with Crippen LogP contribution in [0.5, 0.6) is 0 Å². The van der Waals surface area contributed by atoms with Gasteiger partial charge in [0.05, 0.1) is 23.0 Å².